The van der Waals surface area contributed by atoms with Gasteiger partial charge in [0.05, 0.1) is 6.04 Å². The van der Waals surface area contributed by atoms with Crippen molar-refractivity contribution in [3.8, 4) is 0 Å². The average molecular weight is 576 g/mol. The first kappa shape index (κ1) is 29.4. The van der Waals surface area contributed by atoms with E-state index in [2.05, 4.69) is 41.1 Å². The van der Waals surface area contributed by atoms with Crippen LogP contribution in [-0.2, 0) is 36.6 Å². The van der Waals surface area contributed by atoms with Crippen LogP contribution < -0.4 is 40.2 Å². The molecule has 1 aliphatic rings. The van der Waals surface area contributed by atoms with Crippen LogP contribution in [0.1, 0.15) is 5.69 Å². The van der Waals surface area contributed by atoms with Gasteiger partial charge in [0.2, 0.25) is 11.1 Å². The van der Waals surface area contributed by atoms with Gasteiger partial charge in [-0.25, -0.2) is 22.4 Å². The van der Waals surface area contributed by atoms with E-state index in [0.717, 1.165) is 23.1 Å². The number of rotatable bonds is 10. The van der Waals surface area contributed by atoms with Crippen LogP contribution in [-0.4, -0.2) is 96.7 Å². The molecule has 2 aromatic rings. The topological polar surface area (TPSA) is 214 Å². The fourth-order valence-electron chi connectivity index (χ4n) is 2.72. The van der Waals surface area contributed by atoms with Gasteiger partial charge in [-0.3, -0.25) is 14.4 Å². The fourth-order valence-corrected chi connectivity index (χ4v) is 5.43. The summed E-state index contributed by atoms with van der Waals surface area (Å²) in [7, 11) is -2.42. The number of aromatic nitrogens is 5. The fraction of sp³-hybridized carbons (Fsp3) is 0.429. The molecule has 1 fully saturated rings. The normalized spacial score (nSPS) is 17.9. The van der Waals surface area contributed by atoms with Crippen LogP contribution in [0.2, 0.25) is 0 Å². The molecule has 0 unspecified atom stereocenters. The van der Waals surface area contributed by atoms with Crippen molar-refractivity contribution in [1.29, 1.82) is 0 Å². The van der Waals surface area contributed by atoms with E-state index in [1.54, 1.807) is 7.05 Å². The Kier molecular flexibility index (Phi) is 10.4. The van der Waals surface area contributed by atoms with E-state index < -0.39 is 40.1 Å². The minimum atomic E-state index is -5.13. The summed E-state index contributed by atoms with van der Waals surface area (Å²) in [5.41, 5.74) is -0.351. The predicted octanol–water partition coefficient (Wildman–Crippen LogP) is -4.85. The molecule has 0 spiro atoms. The molecule has 0 aliphatic carbocycles. The van der Waals surface area contributed by atoms with Gasteiger partial charge in [-0.05, 0) is 10.4 Å². The van der Waals surface area contributed by atoms with Crippen LogP contribution >= 0.6 is 34.7 Å². The minimum absolute atomic E-state index is 0. The number of halogens is 1. The minimum Gasteiger partial charge on any atom is -0.731 e. The number of carbonyl (C=O) groups excluding carboxylic acids is 3. The third kappa shape index (κ3) is 6.88. The molecule has 1 saturated heterocycles. The number of tetrazole rings is 1. The first-order valence-corrected chi connectivity index (χ1v) is 12.7. The zero-order valence-electron chi connectivity index (χ0n) is 18.2. The zero-order valence-corrected chi connectivity index (χ0v) is 23.4. The number of oxime groups is 1. The maximum Gasteiger partial charge on any atom is 1.00 e. The molecule has 0 radical (unpaired) electrons. The van der Waals surface area contributed by atoms with E-state index in [9.17, 15) is 27.4 Å². The van der Waals surface area contributed by atoms with Gasteiger partial charge in [0.1, 0.15) is 24.7 Å². The second kappa shape index (κ2) is 12.4. The molecule has 0 aromatic carbocycles. The molecule has 3 heterocycles. The van der Waals surface area contributed by atoms with Crippen molar-refractivity contribution in [1.82, 2.24) is 34.8 Å². The maximum atomic E-state index is 12.9. The Balaban J connectivity index is 0.00000432. The molecule has 2 aromatic heterocycles. The SMILES string of the molecule is CON=C(C(=O)N[C@@H]1C(=O)N(S(=O)(=O)[O-])[C@@H]1CSc1nnnn1C)c1csc(NC(=O)CCl)n1.[Na+]. The van der Waals surface area contributed by atoms with Crippen molar-refractivity contribution in [2.24, 2.45) is 12.2 Å². The summed E-state index contributed by atoms with van der Waals surface area (Å²) in [6.07, 6.45) is 0. The van der Waals surface area contributed by atoms with Crippen LogP contribution in [0.15, 0.2) is 15.7 Å². The maximum absolute atomic E-state index is 12.9. The number of amides is 3. The third-order valence-electron chi connectivity index (χ3n) is 4.17. The number of nitrogens with zero attached hydrogens (tertiary/aromatic N) is 7. The molecule has 3 amide bonds. The summed E-state index contributed by atoms with van der Waals surface area (Å²) in [6, 6.07) is -2.57. The average Bonchev–Trinajstić information content (AvgIpc) is 3.40. The summed E-state index contributed by atoms with van der Waals surface area (Å²) in [5, 5.41) is 21.0. The van der Waals surface area contributed by atoms with E-state index in [4.69, 9.17) is 11.6 Å². The van der Waals surface area contributed by atoms with E-state index in [-0.39, 0.29) is 62.0 Å². The molecule has 2 N–H and O–H groups in total. The summed E-state index contributed by atoms with van der Waals surface area (Å²) in [4.78, 5) is 45.4. The van der Waals surface area contributed by atoms with Gasteiger partial charge in [0.15, 0.2) is 21.1 Å². The van der Waals surface area contributed by atoms with Crippen LogP contribution in [0, 0.1) is 0 Å². The van der Waals surface area contributed by atoms with Crippen LogP contribution in [0.3, 0.4) is 0 Å². The van der Waals surface area contributed by atoms with E-state index in [0.29, 0.717) is 5.16 Å². The number of β-lactam (4-membered cyclic amide) rings is 1. The van der Waals surface area contributed by atoms with Crippen molar-refractivity contribution in [3.63, 3.8) is 0 Å². The monoisotopic (exact) mass is 575 g/mol. The van der Waals surface area contributed by atoms with Crippen molar-refractivity contribution < 1.29 is 61.7 Å². The van der Waals surface area contributed by atoms with E-state index in [1.807, 2.05) is 0 Å². The van der Waals surface area contributed by atoms with Gasteiger partial charge in [0, 0.05) is 18.2 Å². The number of aryl methyl sites for hydroxylation is 1. The van der Waals surface area contributed by atoms with Crippen LogP contribution in [0.4, 0.5) is 5.13 Å². The molecule has 21 heteroatoms. The van der Waals surface area contributed by atoms with Gasteiger partial charge in [0.25, 0.3) is 11.8 Å². The molecule has 3 rings (SSSR count). The van der Waals surface area contributed by atoms with Crippen molar-refractivity contribution in [3.05, 3.63) is 11.1 Å². The Labute approximate surface area is 233 Å². The second-order valence-corrected chi connectivity index (χ2v) is 9.71. The number of carbonyl (C=O) groups is 3. The van der Waals surface area contributed by atoms with Crippen molar-refractivity contribution >= 4 is 73.6 Å². The van der Waals surface area contributed by atoms with Gasteiger partial charge in [-0.2, -0.15) is 0 Å². The summed E-state index contributed by atoms with van der Waals surface area (Å²) >= 11 is 7.39. The molecular weight excluding hydrogens is 561 g/mol. The molecule has 2 atom stereocenters. The molecule has 184 valence electrons. The number of hydrogen-bond acceptors (Lipinski definition) is 14. The third-order valence-corrected chi connectivity index (χ3v) is 7.22. The van der Waals surface area contributed by atoms with E-state index >= 15 is 0 Å². The standard InChI is InChI=1S/C14H16ClN9O7S3.Na/c1-23-14(19-21-22-23)33-5-7-10(12(27)24(7)34(28,29)30)18-11(26)9(20-31-2)6-4-32-13(16-6)17-8(25)3-15;/h4,7,10H,3,5H2,1-2H3,(H,18,26)(H,16,17,25)(H,28,29,30);/q;+1/p-1/t7-,10+;/m1./s1. The largest absolute Gasteiger partial charge is 1.00 e. The molecule has 35 heavy (non-hydrogen) atoms. The van der Waals surface area contributed by atoms with Gasteiger partial charge >= 0.3 is 29.6 Å². The molecule has 16 nitrogen and oxygen atoms in total. The van der Waals surface area contributed by atoms with Crippen LogP contribution in [0.25, 0.3) is 0 Å². The van der Waals surface area contributed by atoms with Gasteiger partial charge in [-0.15, -0.1) is 28.0 Å². The Morgan fingerprint density at radius 3 is 2.71 bits per heavy atom. The van der Waals surface area contributed by atoms with E-state index in [1.165, 1.54) is 17.2 Å². The summed E-state index contributed by atoms with van der Waals surface area (Å²) in [6.45, 7) is 0. The predicted molar refractivity (Wildman–Crippen MR) is 117 cm³/mol. The number of anilines is 1. The van der Waals surface area contributed by atoms with Crippen molar-refractivity contribution in [2.75, 3.05) is 24.1 Å². The second-order valence-electron chi connectivity index (χ2n) is 6.35. The quantitative estimate of drug-likeness (QED) is 0.0519. The Hall–Kier alpha value is -1.87. The zero-order chi connectivity index (χ0) is 25.0. The van der Waals surface area contributed by atoms with Crippen molar-refractivity contribution in [2.45, 2.75) is 17.2 Å². The Morgan fingerprint density at radius 2 is 2.14 bits per heavy atom. The summed E-state index contributed by atoms with van der Waals surface area (Å²) in [5.74, 6) is -2.99. The molecular formula is C14H15ClN9NaO7S3. The molecule has 0 bridgehead atoms. The number of thioether (sulfide) groups is 1. The van der Waals surface area contributed by atoms with Gasteiger partial charge in [-0.1, -0.05) is 16.9 Å². The Bertz CT molecular complexity index is 1240. The Morgan fingerprint density at radius 1 is 1.43 bits per heavy atom. The molecule has 0 saturated carbocycles. The smallest absolute Gasteiger partial charge is 0.731 e. The molecule has 1 aliphatic heterocycles. The number of hydrogen-bond donors (Lipinski definition) is 2. The van der Waals surface area contributed by atoms with Crippen LogP contribution in [0.5, 0.6) is 0 Å². The summed E-state index contributed by atoms with van der Waals surface area (Å²) < 4.78 is 36.1. The van der Waals surface area contributed by atoms with Gasteiger partial charge < -0.3 is 20.0 Å². The first-order valence-electron chi connectivity index (χ1n) is 8.94. The first-order chi connectivity index (χ1) is 16.1. The number of nitrogens with one attached hydrogen (secondary N) is 2. The number of alkyl halides is 1. The number of thiazole rings is 1.